The first-order valence-corrected chi connectivity index (χ1v) is 11.4. The van der Waals surface area contributed by atoms with Gasteiger partial charge in [-0.25, -0.2) is 0 Å². The van der Waals surface area contributed by atoms with Gasteiger partial charge in [0.2, 0.25) is 0 Å². The minimum atomic E-state index is -0.738. The van der Waals surface area contributed by atoms with Crippen LogP contribution in [0.1, 0.15) is 57.9 Å². The first-order chi connectivity index (χ1) is 14.4. The maximum Gasteiger partial charge on any atom is 0.310 e. The van der Waals surface area contributed by atoms with Gasteiger partial charge in [0.05, 0.1) is 5.41 Å². The van der Waals surface area contributed by atoms with Crippen molar-refractivity contribution in [2.45, 2.75) is 70.5 Å². The van der Waals surface area contributed by atoms with Gasteiger partial charge in [0.25, 0.3) is 0 Å². The van der Waals surface area contributed by atoms with Crippen molar-refractivity contribution in [1.82, 2.24) is 10.6 Å². The molecule has 0 bridgehead atoms. The Kier molecular flexibility index (Phi) is 8.09. The molecule has 1 aromatic carbocycles. The highest BCUT2D eigenvalue weighted by molar-refractivity contribution is 5.73. The highest BCUT2D eigenvalue weighted by Gasteiger charge is 2.41. The van der Waals surface area contributed by atoms with Gasteiger partial charge in [0.15, 0.2) is 0 Å². The molecule has 0 heterocycles. The summed E-state index contributed by atoms with van der Waals surface area (Å²) in [5.41, 5.74) is 2.05. The van der Waals surface area contributed by atoms with E-state index in [1.165, 1.54) is 17.6 Å². The van der Waals surface area contributed by atoms with E-state index in [1.54, 1.807) is 21.0 Å². The van der Waals surface area contributed by atoms with E-state index in [2.05, 4.69) is 47.0 Å². The molecule has 2 saturated carbocycles. The Labute approximate surface area is 181 Å². The second-order valence-corrected chi connectivity index (χ2v) is 9.61. The molecule has 0 spiro atoms. The Morgan fingerprint density at radius 1 is 1.17 bits per heavy atom. The van der Waals surface area contributed by atoms with Gasteiger partial charge in [0.1, 0.15) is 0 Å². The maximum absolute atomic E-state index is 11.3. The molecule has 166 valence electrons. The zero-order valence-electron chi connectivity index (χ0n) is 18.7. The number of aliphatic carboxylic acids is 1. The molecule has 5 heteroatoms. The van der Waals surface area contributed by atoms with Gasteiger partial charge in [-0.1, -0.05) is 42.0 Å². The lowest BCUT2D eigenvalue weighted by Crippen LogP contribution is -2.45. The summed E-state index contributed by atoms with van der Waals surface area (Å²) in [6.07, 6.45) is 9.09. The summed E-state index contributed by atoms with van der Waals surface area (Å²) in [7, 11) is 1.77. The number of rotatable bonds is 11. The van der Waals surface area contributed by atoms with Crippen molar-refractivity contribution in [1.29, 1.82) is 0 Å². The largest absolute Gasteiger partial charge is 0.481 e. The molecular weight excluding hydrogens is 376 g/mol. The average molecular weight is 415 g/mol. The Morgan fingerprint density at radius 2 is 1.83 bits per heavy atom. The fraction of sp³-hybridized carbons (Fsp3) is 0.640. The highest BCUT2D eigenvalue weighted by Crippen LogP contribution is 2.41. The number of hydrogen-bond acceptors (Lipinski definition) is 4. The molecule has 3 N–H and O–H groups in total. The molecule has 2 unspecified atom stereocenters. The smallest absolute Gasteiger partial charge is 0.310 e. The lowest BCUT2D eigenvalue weighted by molar-refractivity contribution is -0.146. The fourth-order valence-electron chi connectivity index (χ4n) is 4.38. The van der Waals surface area contributed by atoms with Crippen LogP contribution in [0.4, 0.5) is 0 Å². The molecule has 0 amide bonds. The Balaban J connectivity index is 1.44. The summed E-state index contributed by atoms with van der Waals surface area (Å²) in [6, 6.07) is 12.2. The standard InChI is InChI=1S/C25H38N2O3/c1-25(2,24(28)29)17-26-20-9-11-21(12-10-20)27-23-16-22(23)19(13-14-30-3)15-18-7-5-4-6-8-18/h4-8,15,20-23,26-27H,9-14,16-17H2,1-3H3,(H,28,29)/b19-15+/t20-,21-,22?,23?. The SMILES string of the molecule is COCC/C(=C\c1ccccc1)C1CC1N[C@H]1CC[C@H](NCC(C)(C)C(=O)O)CC1. The fourth-order valence-corrected chi connectivity index (χ4v) is 4.38. The van der Waals surface area contributed by atoms with Crippen LogP contribution in [0.15, 0.2) is 35.9 Å². The second kappa shape index (κ2) is 10.6. The van der Waals surface area contributed by atoms with E-state index in [0.717, 1.165) is 38.7 Å². The lowest BCUT2D eigenvalue weighted by atomic mass is 9.88. The third-order valence-electron chi connectivity index (χ3n) is 6.60. The molecule has 2 atom stereocenters. The van der Waals surface area contributed by atoms with Crippen LogP contribution in [-0.4, -0.2) is 49.5 Å². The topological polar surface area (TPSA) is 70.6 Å². The van der Waals surface area contributed by atoms with Crippen LogP contribution in [-0.2, 0) is 9.53 Å². The van der Waals surface area contributed by atoms with Gasteiger partial charge in [-0.15, -0.1) is 0 Å². The van der Waals surface area contributed by atoms with Crippen LogP contribution < -0.4 is 10.6 Å². The summed E-state index contributed by atoms with van der Waals surface area (Å²) in [6.45, 7) is 4.87. The monoisotopic (exact) mass is 414 g/mol. The quantitative estimate of drug-likeness (QED) is 0.509. The first kappa shape index (κ1) is 23.0. The predicted molar refractivity (Wildman–Crippen MR) is 121 cm³/mol. The van der Waals surface area contributed by atoms with Gasteiger partial charge in [-0.2, -0.15) is 0 Å². The van der Waals surface area contributed by atoms with Crippen LogP contribution in [0, 0.1) is 11.3 Å². The van der Waals surface area contributed by atoms with E-state index in [-0.39, 0.29) is 0 Å². The van der Waals surface area contributed by atoms with Gasteiger partial charge in [-0.05, 0) is 63.9 Å². The van der Waals surface area contributed by atoms with Crippen LogP contribution in [0.5, 0.6) is 0 Å². The molecule has 2 aliphatic carbocycles. The van der Waals surface area contributed by atoms with E-state index >= 15 is 0 Å². The van der Waals surface area contributed by atoms with Crippen molar-refractivity contribution in [2.75, 3.05) is 20.3 Å². The lowest BCUT2D eigenvalue weighted by Gasteiger charge is -2.32. The summed E-state index contributed by atoms with van der Waals surface area (Å²) in [5.74, 6) is -0.120. The Bertz CT molecular complexity index is 708. The molecule has 2 aliphatic rings. The van der Waals surface area contributed by atoms with Crippen LogP contribution >= 0.6 is 0 Å². The van der Waals surface area contributed by atoms with Crippen molar-refractivity contribution in [3.05, 3.63) is 41.5 Å². The predicted octanol–water partition coefficient (Wildman–Crippen LogP) is 4.10. The molecule has 0 saturated heterocycles. The summed E-state index contributed by atoms with van der Waals surface area (Å²) in [4.78, 5) is 11.3. The Hall–Kier alpha value is -1.69. The number of ether oxygens (including phenoxy) is 1. The van der Waals surface area contributed by atoms with Gasteiger partial charge in [-0.3, -0.25) is 4.79 Å². The number of carbonyl (C=O) groups is 1. The molecule has 0 aliphatic heterocycles. The number of hydrogen-bond donors (Lipinski definition) is 3. The third kappa shape index (κ3) is 6.66. The minimum Gasteiger partial charge on any atom is -0.481 e. The summed E-state index contributed by atoms with van der Waals surface area (Å²) < 4.78 is 5.34. The molecule has 2 fully saturated rings. The molecule has 0 radical (unpaired) electrons. The number of methoxy groups -OCH3 is 1. The minimum absolute atomic E-state index is 0.437. The second-order valence-electron chi connectivity index (χ2n) is 9.61. The molecule has 0 aromatic heterocycles. The van der Waals surface area contributed by atoms with Crippen molar-refractivity contribution in [3.63, 3.8) is 0 Å². The normalized spacial score (nSPS) is 27.1. The van der Waals surface area contributed by atoms with E-state index in [9.17, 15) is 9.90 Å². The van der Waals surface area contributed by atoms with Crippen LogP contribution in [0.2, 0.25) is 0 Å². The van der Waals surface area contributed by atoms with Crippen LogP contribution in [0.25, 0.3) is 6.08 Å². The number of benzene rings is 1. The number of carboxylic acids is 1. The summed E-state index contributed by atoms with van der Waals surface area (Å²) in [5, 5.41) is 16.6. The van der Waals surface area contributed by atoms with E-state index < -0.39 is 11.4 Å². The van der Waals surface area contributed by atoms with E-state index in [4.69, 9.17) is 4.74 Å². The van der Waals surface area contributed by atoms with Crippen molar-refractivity contribution < 1.29 is 14.6 Å². The molecule has 3 rings (SSSR count). The van der Waals surface area contributed by atoms with Gasteiger partial charge < -0.3 is 20.5 Å². The summed E-state index contributed by atoms with van der Waals surface area (Å²) >= 11 is 0. The van der Waals surface area contributed by atoms with E-state index in [0.29, 0.717) is 30.6 Å². The molecule has 30 heavy (non-hydrogen) atoms. The molecular formula is C25H38N2O3. The van der Waals surface area contributed by atoms with Gasteiger partial charge in [0, 0.05) is 38.4 Å². The van der Waals surface area contributed by atoms with Crippen molar-refractivity contribution in [2.24, 2.45) is 11.3 Å². The average Bonchev–Trinajstić information content (AvgIpc) is 3.50. The van der Waals surface area contributed by atoms with Crippen molar-refractivity contribution in [3.8, 4) is 0 Å². The first-order valence-electron chi connectivity index (χ1n) is 11.4. The highest BCUT2D eigenvalue weighted by atomic mass is 16.5. The van der Waals surface area contributed by atoms with E-state index in [1.807, 2.05) is 0 Å². The van der Waals surface area contributed by atoms with Crippen LogP contribution in [0.3, 0.4) is 0 Å². The Morgan fingerprint density at radius 3 is 2.47 bits per heavy atom. The molecule has 1 aromatic rings. The third-order valence-corrected chi connectivity index (χ3v) is 6.60. The maximum atomic E-state index is 11.3. The van der Waals surface area contributed by atoms with Crippen molar-refractivity contribution >= 4 is 12.0 Å². The zero-order chi connectivity index (χ0) is 21.6. The molecule has 5 nitrogen and oxygen atoms in total. The zero-order valence-corrected chi connectivity index (χ0v) is 18.7. The number of nitrogens with one attached hydrogen (secondary N) is 2. The number of carboxylic acid groups (broad SMARTS) is 1. The van der Waals surface area contributed by atoms with Gasteiger partial charge >= 0.3 is 5.97 Å².